The molecule has 1 amide bonds. The van der Waals surface area contributed by atoms with Crippen molar-refractivity contribution in [2.45, 2.75) is 37.2 Å². The van der Waals surface area contributed by atoms with Crippen LogP contribution in [0.1, 0.15) is 36.3 Å². The largest absolute Gasteiger partial charge is 0.480 e. The van der Waals surface area contributed by atoms with Gasteiger partial charge in [-0.3, -0.25) is 4.79 Å². The Labute approximate surface area is 161 Å². The highest BCUT2D eigenvalue weighted by atomic mass is 35.5. The quantitative estimate of drug-likeness (QED) is 0.525. The highest BCUT2D eigenvalue weighted by molar-refractivity contribution is 7.98. The molecule has 26 heavy (non-hydrogen) atoms. The third-order valence-corrected chi connectivity index (χ3v) is 4.67. The first kappa shape index (κ1) is 20.2. The second-order valence-electron chi connectivity index (χ2n) is 6.12. The van der Waals surface area contributed by atoms with Crippen molar-refractivity contribution in [3.8, 4) is 0 Å². The second-order valence-corrected chi connectivity index (χ2v) is 7.47. The number of aromatic nitrogens is 2. The zero-order valence-corrected chi connectivity index (χ0v) is 16.0. The van der Waals surface area contributed by atoms with Crippen LogP contribution in [0.5, 0.6) is 0 Å². The average Bonchev–Trinajstić information content (AvgIpc) is 2.60. The van der Waals surface area contributed by atoms with E-state index >= 15 is 0 Å². The van der Waals surface area contributed by atoms with Gasteiger partial charge in [-0.15, -0.1) is 0 Å². The summed E-state index contributed by atoms with van der Waals surface area (Å²) in [5, 5.41) is 12.2. The van der Waals surface area contributed by atoms with E-state index in [-0.39, 0.29) is 16.6 Å². The summed E-state index contributed by atoms with van der Waals surface area (Å²) in [5.74, 6) is -0.938. The van der Waals surface area contributed by atoms with Crippen LogP contribution >= 0.6 is 23.4 Å². The number of nitrogens with zero attached hydrogens (tertiary/aromatic N) is 2. The Morgan fingerprint density at radius 3 is 2.58 bits per heavy atom. The molecule has 1 heterocycles. The molecule has 2 rings (SSSR count). The average molecular weight is 394 g/mol. The SMILES string of the molecule is CC(C)C[C@@H](NC(=O)c1nc(SCc2ccccc2)ncc1Cl)C(=O)O. The molecule has 0 saturated carbocycles. The number of carboxylic acid groups (broad SMARTS) is 1. The smallest absolute Gasteiger partial charge is 0.326 e. The van der Waals surface area contributed by atoms with E-state index in [1.54, 1.807) is 0 Å². The maximum absolute atomic E-state index is 12.4. The number of benzene rings is 1. The second kappa shape index (κ2) is 9.54. The molecule has 2 aromatic rings. The van der Waals surface area contributed by atoms with E-state index in [4.69, 9.17) is 11.6 Å². The fourth-order valence-electron chi connectivity index (χ4n) is 2.22. The van der Waals surface area contributed by atoms with Gasteiger partial charge in [-0.05, 0) is 17.9 Å². The molecule has 1 aromatic heterocycles. The van der Waals surface area contributed by atoms with Gasteiger partial charge < -0.3 is 10.4 Å². The van der Waals surface area contributed by atoms with Gasteiger partial charge in [-0.1, -0.05) is 67.5 Å². The normalized spacial score (nSPS) is 12.0. The molecule has 0 fully saturated rings. The fourth-order valence-corrected chi connectivity index (χ4v) is 3.17. The van der Waals surface area contributed by atoms with E-state index in [1.807, 2.05) is 44.2 Å². The van der Waals surface area contributed by atoms with Gasteiger partial charge in [0.25, 0.3) is 5.91 Å². The predicted octanol–water partition coefficient (Wildman–Crippen LogP) is 3.65. The lowest BCUT2D eigenvalue weighted by atomic mass is 10.0. The van der Waals surface area contributed by atoms with E-state index < -0.39 is 17.9 Å². The van der Waals surface area contributed by atoms with Gasteiger partial charge in [0.2, 0.25) is 0 Å². The van der Waals surface area contributed by atoms with Crippen LogP contribution in [-0.4, -0.2) is 33.0 Å². The number of amides is 1. The summed E-state index contributed by atoms with van der Waals surface area (Å²) in [6, 6.07) is 8.80. The summed E-state index contributed by atoms with van der Waals surface area (Å²) >= 11 is 7.41. The maximum atomic E-state index is 12.4. The molecule has 2 N–H and O–H groups in total. The zero-order chi connectivity index (χ0) is 19.1. The van der Waals surface area contributed by atoms with Gasteiger partial charge >= 0.3 is 5.97 Å². The van der Waals surface area contributed by atoms with Gasteiger partial charge in [-0.2, -0.15) is 0 Å². The third kappa shape index (κ3) is 6.00. The summed E-state index contributed by atoms with van der Waals surface area (Å²) in [5.41, 5.74) is 1.08. The predicted molar refractivity (Wildman–Crippen MR) is 101 cm³/mol. The van der Waals surface area contributed by atoms with Crippen molar-refractivity contribution >= 4 is 35.2 Å². The number of aliphatic carboxylic acids is 1. The molecule has 0 aliphatic rings. The van der Waals surface area contributed by atoms with Crippen LogP contribution in [0, 0.1) is 5.92 Å². The lowest BCUT2D eigenvalue weighted by Gasteiger charge is -2.16. The number of carboxylic acids is 1. The van der Waals surface area contributed by atoms with E-state index in [9.17, 15) is 14.7 Å². The molecule has 1 aromatic carbocycles. The minimum atomic E-state index is -1.09. The standard InChI is InChI=1S/C18H20ClN3O3S/c1-11(2)8-14(17(24)25)21-16(23)15-13(19)9-20-18(22-15)26-10-12-6-4-3-5-7-12/h3-7,9,11,14H,8,10H2,1-2H3,(H,21,23)(H,24,25)/t14-/m1/s1. The minimum absolute atomic E-state index is 0.0211. The lowest BCUT2D eigenvalue weighted by molar-refractivity contribution is -0.139. The molecule has 0 aliphatic heterocycles. The molecular formula is C18H20ClN3O3S. The molecule has 0 spiro atoms. The fraction of sp³-hybridized carbons (Fsp3) is 0.333. The Bertz CT molecular complexity index is 772. The van der Waals surface area contributed by atoms with Crippen LogP contribution in [0.15, 0.2) is 41.7 Å². The van der Waals surface area contributed by atoms with Crippen molar-refractivity contribution in [2.24, 2.45) is 5.92 Å². The topological polar surface area (TPSA) is 92.2 Å². The lowest BCUT2D eigenvalue weighted by Crippen LogP contribution is -2.42. The van der Waals surface area contributed by atoms with Crippen molar-refractivity contribution in [1.82, 2.24) is 15.3 Å². The Balaban J connectivity index is 2.10. The highest BCUT2D eigenvalue weighted by Gasteiger charge is 2.24. The van der Waals surface area contributed by atoms with Crippen LogP contribution < -0.4 is 5.32 Å². The van der Waals surface area contributed by atoms with Crippen molar-refractivity contribution in [2.75, 3.05) is 0 Å². The molecule has 0 bridgehead atoms. The Kier molecular flexibility index (Phi) is 7.41. The van der Waals surface area contributed by atoms with Crippen LogP contribution in [-0.2, 0) is 10.5 Å². The first-order chi connectivity index (χ1) is 12.4. The zero-order valence-electron chi connectivity index (χ0n) is 14.5. The molecule has 0 radical (unpaired) electrons. The van der Waals surface area contributed by atoms with Crippen molar-refractivity contribution < 1.29 is 14.7 Å². The first-order valence-corrected chi connectivity index (χ1v) is 9.46. The van der Waals surface area contributed by atoms with Crippen molar-refractivity contribution in [1.29, 1.82) is 0 Å². The monoisotopic (exact) mass is 393 g/mol. The van der Waals surface area contributed by atoms with Crippen LogP contribution in [0.3, 0.4) is 0 Å². The number of carbonyl (C=O) groups is 2. The van der Waals surface area contributed by atoms with Gasteiger partial charge in [0.1, 0.15) is 6.04 Å². The van der Waals surface area contributed by atoms with Crippen molar-refractivity contribution in [3.63, 3.8) is 0 Å². The maximum Gasteiger partial charge on any atom is 0.326 e. The number of halogens is 1. The number of carbonyl (C=O) groups excluding carboxylic acids is 1. The summed E-state index contributed by atoms with van der Waals surface area (Å²) < 4.78 is 0. The number of rotatable bonds is 8. The molecule has 0 aliphatic carbocycles. The Hall–Kier alpha value is -2.12. The number of hydrogen-bond donors (Lipinski definition) is 2. The van der Waals surface area contributed by atoms with Gasteiger partial charge in [-0.25, -0.2) is 14.8 Å². The van der Waals surface area contributed by atoms with E-state index in [1.165, 1.54) is 18.0 Å². The molecule has 8 heteroatoms. The van der Waals surface area contributed by atoms with Gasteiger partial charge in [0.15, 0.2) is 10.9 Å². The summed E-state index contributed by atoms with van der Waals surface area (Å²) in [6.07, 6.45) is 1.68. The third-order valence-electron chi connectivity index (χ3n) is 3.46. The van der Waals surface area contributed by atoms with E-state index in [0.29, 0.717) is 17.3 Å². The number of nitrogens with one attached hydrogen (secondary N) is 1. The Morgan fingerprint density at radius 1 is 1.27 bits per heavy atom. The number of thioether (sulfide) groups is 1. The first-order valence-electron chi connectivity index (χ1n) is 8.09. The van der Waals surface area contributed by atoms with Gasteiger partial charge in [0.05, 0.1) is 11.2 Å². The van der Waals surface area contributed by atoms with Gasteiger partial charge in [0, 0.05) is 5.75 Å². The van der Waals surface area contributed by atoms with Crippen molar-refractivity contribution in [3.05, 3.63) is 52.8 Å². The van der Waals surface area contributed by atoms with Crippen LogP contribution in [0.4, 0.5) is 0 Å². The summed E-state index contributed by atoms with van der Waals surface area (Å²) in [4.78, 5) is 32.1. The van der Waals surface area contributed by atoms with E-state index in [2.05, 4.69) is 15.3 Å². The molecule has 0 saturated heterocycles. The highest BCUT2D eigenvalue weighted by Crippen LogP contribution is 2.22. The number of hydrogen-bond acceptors (Lipinski definition) is 5. The molecular weight excluding hydrogens is 374 g/mol. The van der Waals surface area contributed by atoms with Crippen LogP contribution in [0.25, 0.3) is 0 Å². The molecule has 138 valence electrons. The summed E-state index contributed by atoms with van der Waals surface area (Å²) in [7, 11) is 0. The van der Waals surface area contributed by atoms with Crippen LogP contribution in [0.2, 0.25) is 5.02 Å². The molecule has 6 nitrogen and oxygen atoms in total. The van der Waals surface area contributed by atoms with E-state index in [0.717, 1.165) is 5.56 Å². The Morgan fingerprint density at radius 2 is 1.96 bits per heavy atom. The summed E-state index contributed by atoms with van der Waals surface area (Å²) in [6.45, 7) is 3.77. The minimum Gasteiger partial charge on any atom is -0.480 e. The molecule has 0 unspecified atom stereocenters. The molecule has 1 atom stereocenters.